The van der Waals surface area contributed by atoms with Crippen molar-refractivity contribution in [2.24, 2.45) is 10.4 Å². The summed E-state index contributed by atoms with van der Waals surface area (Å²) in [5, 5.41) is 0. The highest BCUT2D eigenvalue weighted by molar-refractivity contribution is 5.88. The summed E-state index contributed by atoms with van der Waals surface area (Å²) in [6.07, 6.45) is 3.10. The number of carbonyl (C=O) groups excluding carboxylic acids is 2. The van der Waals surface area contributed by atoms with E-state index in [-0.39, 0.29) is 22.8 Å². The molecule has 0 bridgehead atoms. The van der Waals surface area contributed by atoms with Crippen LogP contribution in [0, 0.1) is 5.41 Å². The van der Waals surface area contributed by atoms with Crippen LogP contribution < -0.4 is 5.56 Å². The maximum absolute atomic E-state index is 12.7. The van der Waals surface area contributed by atoms with E-state index < -0.39 is 16.9 Å². The molecule has 9 heteroatoms. The lowest BCUT2D eigenvalue weighted by atomic mass is 9.95. The van der Waals surface area contributed by atoms with E-state index in [1.807, 2.05) is 0 Å². The van der Waals surface area contributed by atoms with Gasteiger partial charge in [0.1, 0.15) is 5.69 Å². The fourth-order valence-electron chi connectivity index (χ4n) is 1.79. The Morgan fingerprint density at radius 3 is 2.50 bits per heavy atom. The van der Waals surface area contributed by atoms with Gasteiger partial charge in [0.25, 0.3) is 5.56 Å². The zero-order valence-electron chi connectivity index (χ0n) is 14.1. The predicted octanol–water partition coefficient (Wildman–Crippen LogP) is 0.907. The Morgan fingerprint density at radius 2 is 1.96 bits per heavy atom. The van der Waals surface area contributed by atoms with E-state index in [1.165, 1.54) is 12.5 Å². The van der Waals surface area contributed by atoms with Crippen LogP contribution in [0.5, 0.6) is 0 Å². The summed E-state index contributed by atoms with van der Waals surface area (Å²) in [7, 11) is 3.49. The molecule has 2 aromatic heterocycles. The third-order valence-electron chi connectivity index (χ3n) is 2.95. The number of aromatic nitrogens is 4. The molecule has 0 radical (unpaired) electrons. The molecular formula is C15H18N6O3. The highest BCUT2D eigenvalue weighted by atomic mass is 16.2. The molecule has 126 valence electrons. The minimum Gasteiger partial charge on any atom is -0.369 e. The van der Waals surface area contributed by atoms with Crippen LogP contribution in [-0.4, -0.2) is 57.0 Å². The largest absolute Gasteiger partial charge is 0.369 e. The SMILES string of the molecule is CN(C)C=Nc1nc2ncc(C=O)nc2c(=O)n1C(=O)C(C)(C)C. The summed E-state index contributed by atoms with van der Waals surface area (Å²) in [5.41, 5.74) is -1.68. The minimum absolute atomic E-state index is 0.0132. The van der Waals surface area contributed by atoms with Gasteiger partial charge >= 0.3 is 0 Å². The summed E-state index contributed by atoms with van der Waals surface area (Å²) in [6, 6.07) is 0. The number of hydrogen-bond acceptors (Lipinski definition) is 7. The number of hydrogen-bond donors (Lipinski definition) is 0. The normalized spacial score (nSPS) is 11.9. The van der Waals surface area contributed by atoms with Crippen LogP contribution in [0.1, 0.15) is 36.1 Å². The third-order valence-corrected chi connectivity index (χ3v) is 2.95. The van der Waals surface area contributed by atoms with Crippen LogP contribution in [-0.2, 0) is 0 Å². The summed E-state index contributed by atoms with van der Waals surface area (Å²) in [4.78, 5) is 54.0. The quantitative estimate of drug-likeness (QED) is 0.467. The minimum atomic E-state index is -0.836. The van der Waals surface area contributed by atoms with Gasteiger partial charge in [-0.15, -0.1) is 0 Å². The Morgan fingerprint density at radius 1 is 1.29 bits per heavy atom. The van der Waals surface area contributed by atoms with Gasteiger partial charge in [0, 0.05) is 19.5 Å². The zero-order valence-corrected chi connectivity index (χ0v) is 14.1. The molecule has 0 saturated heterocycles. The average molecular weight is 330 g/mol. The second kappa shape index (κ2) is 6.26. The Kier molecular flexibility index (Phi) is 4.54. The molecule has 0 unspecified atom stereocenters. The molecule has 0 aliphatic heterocycles. The van der Waals surface area contributed by atoms with Crippen LogP contribution in [0.25, 0.3) is 11.2 Å². The number of fused-ring (bicyclic) bond motifs is 1. The van der Waals surface area contributed by atoms with Crippen LogP contribution >= 0.6 is 0 Å². The van der Waals surface area contributed by atoms with Gasteiger partial charge in [0.15, 0.2) is 17.5 Å². The predicted molar refractivity (Wildman–Crippen MR) is 88.9 cm³/mol. The average Bonchev–Trinajstić information content (AvgIpc) is 2.51. The van der Waals surface area contributed by atoms with E-state index >= 15 is 0 Å². The first-order valence-corrected chi connectivity index (χ1v) is 7.15. The molecule has 0 amide bonds. The third kappa shape index (κ3) is 3.34. The smallest absolute Gasteiger partial charge is 0.290 e. The molecule has 0 N–H and O–H groups in total. The van der Waals surface area contributed by atoms with E-state index in [2.05, 4.69) is 19.9 Å². The van der Waals surface area contributed by atoms with E-state index in [4.69, 9.17) is 0 Å². The Labute approximate surface area is 138 Å². The first-order valence-electron chi connectivity index (χ1n) is 7.15. The Balaban J connectivity index is 2.85. The lowest BCUT2D eigenvalue weighted by molar-refractivity contribution is 0.0763. The molecule has 0 saturated carbocycles. The lowest BCUT2D eigenvalue weighted by Crippen LogP contribution is -2.36. The molecule has 0 aliphatic rings. The maximum atomic E-state index is 12.7. The monoisotopic (exact) mass is 330 g/mol. The molecule has 0 aliphatic carbocycles. The number of rotatable bonds is 3. The molecular weight excluding hydrogens is 312 g/mol. The number of nitrogens with zero attached hydrogens (tertiary/aromatic N) is 6. The van der Waals surface area contributed by atoms with E-state index in [0.717, 1.165) is 4.57 Å². The van der Waals surface area contributed by atoms with Gasteiger partial charge in [-0.05, 0) is 0 Å². The molecule has 0 aromatic carbocycles. The van der Waals surface area contributed by atoms with Crippen molar-refractivity contribution in [1.29, 1.82) is 0 Å². The van der Waals surface area contributed by atoms with Gasteiger partial charge in [-0.1, -0.05) is 20.8 Å². The molecule has 2 aromatic rings. The molecule has 24 heavy (non-hydrogen) atoms. The van der Waals surface area contributed by atoms with Crippen LogP contribution in [0.2, 0.25) is 0 Å². The topological polar surface area (TPSA) is 110 Å². The first kappa shape index (κ1) is 17.4. The molecule has 0 fully saturated rings. The Bertz CT molecular complexity index is 892. The zero-order chi connectivity index (χ0) is 18.1. The summed E-state index contributed by atoms with van der Waals surface area (Å²) < 4.78 is 0.867. The standard InChI is InChI=1S/C15H18N6O3/c1-15(2,3)13(24)21-12(23)10-11(16-6-9(7-22)18-10)19-14(21)17-8-20(4)5/h6-8H,1-5H3. The molecule has 2 rings (SSSR count). The highest BCUT2D eigenvalue weighted by Gasteiger charge is 2.28. The van der Waals surface area contributed by atoms with Gasteiger partial charge in [0.05, 0.1) is 12.5 Å². The molecule has 2 heterocycles. The van der Waals surface area contributed by atoms with Crippen molar-refractivity contribution >= 4 is 35.6 Å². The van der Waals surface area contributed by atoms with E-state index in [0.29, 0.717) is 6.29 Å². The van der Waals surface area contributed by atoms with E-state index in [1.54, 1.807) is 39.8 Å². The van der Waals surface area contributed by atoms with Crippen LogP contribution in [0.4, 0.5) is 5.95 Å². The van der Waals surface area contributed by atoms with Gasteiger partial charge in [-0.2, -0.15) is 4.98 Å². The summed E-state index contributed by atoms with van der Waals surface area (Å²) >= 11 is 0. The molecule has 0 spiro atoms. The van der Waals surface area contributed by atoms with Crippen molar-refractivity contribution in [3.05, 3.63) is 22.2 Å². The number of aldehydes is 1. The van der Waals surface area contributed by atoms with Crippen LogP contribution in [0.3, 0.4) is 0 Å². The summed E-state index contributed by atoms with van der Waals surface area (Å²) in [5.74, 6) is -0.569. The second-order valence-electron chi connectivity index (χ2n) is 6.40. The van der Waals surface area contributed by atoms with Crippen molar-refractivity contribution in [2.75, 3.05) is 14.1 Å². The van der Waals surface area contributed by atoms with Gasteiger partial charge in [-0.3, -0.25) is 14.4 Å². The van der Waals surface area contributed by atoms with Crippen molar-refractivity contribution in [3.8, 4) is 0 Å². The molecule has 9 nitrogen and oxygen atoms in total. The van der Waals surface area contributed by atoms with Crippen LogP contribution in [0.15, 0.2) is 16.0 Å². The fourth-order valence-corrected chi connectivity index (χ4v) is 1.79. The molecule has 0 atom stereocenters. The van der Waals surface area contributed by atoms with Crippen molar-refractivity contribution in [1.82, 2.24) is 24.4 Å². The fraction of sp³-hybridized carbons (Fsp3) is 0.400. The van der Waals surface area contributed by atoms with Gasteiger partial charge < -0.3 is 4.90 Å². The van der Waals surface area contributed by atoms with Gasteiger partial charge in [0.2, 0.25) is 11.9 Å². The number of carbonyl (C=O) groups is 2. The highest BCUT2D eigenvalue weighted by Crippen LogP contribution is 2.20. The van der Waals surface area contributed by atoms with Crippen molar-refractivity contribution < 1.29 is 9.59 Å². The maximum Gasteiger partial charge on any atom is 0.290 e. The van der Waals surface area contributed by atoms with E-state index in [9.17, 15) is 14.4 Å². The summed E-state index contributed by atoms with van der Waals surface area (Å²) in [6.45, 7) is 5.04. The van der Waals surface area contributed by atoms with Crippen molar-refractivity contribution in [3.63, 3.8) is 0 Å². The second-order valence-corrected chi connectivity index (χ2v) is 6.40. The van der Waals surface area contributed by atoms with Crippen molar-refractivity contribution in [2.45, 2.75) is 20.8 Å². The lowest BCUT2D eigenvalue weighted by Gasteiger charge is -2.19. The Hall–Kier alpha value is -2.97. The first-order chi connectivity index (χ1) is 11.1. The van der Waals surface area contributed by atoms with Gasteiger partial charge in [-0.25, -0.2) is 19.5 Å². The number of aliphatic imine (C=N–C) groups is 1.